The van der Waals surface area contributed by atoms with E-state index in [1.54, 1.807) is 24.3 Å². The molecule has 0 atom stereocenters. The third-order valence-corrected chi connectivity index (χ3v) is 3.23. The highest BCUT2D eigenvalue weighted by atomic mass is 35.5. The average Bonchev–Trinajstić information content (AvgIpc) is 2.60. The molecule has 0 aliphatic rings. The molecule has 0 heterocycles. The van der Waals surface area contributed by atoms with E-state index in [0.29, 0.717) is 29.6 Å². The lowest BCUT2D eigenvalue weighted by Gasteiger charge is -2.08. The number of ether oxygens (including phenoxy) is 3. The van der Waals surface area contributed by atoms with Crippen LogP contribution in [0.3, 0.4) is 0 Å². The molecule has 23 heavy (non-hydrogen) atoms. The van der Waals surface area contributed by atoms with Gasteiger partial charge in [0, 0.05) is 5.02 Å². The van der Waals surface area contributed by atoms with Gasteiger partial charge in [-0.1, -0.05) is 41.9 Å². The molecule has 0 unspecified atom stereocenters. The highest BCUT2D eigenvalue weighted by Gasteiger charge is 2.12. The molecule has 2 rings (SSSR count). The molecule has 0 fully saturated rings. The highest BCUT2D eigenvalue weighted by molar-refractivity contribution is 6.30. The lowest BCUT2D eigenvalue weighted by atomic mass is 10.1. The van der Waals surface area contributed by atoms with Gasteiger partial charge in [-0.05, 0) is 29.8 Å². The molecule has 0 aliphatic heterocycles. The Bertz CT molecular complexity index is 650. The van der Waals surface area contributed by atoms with Crippen molar-refractivity contribution in [3.63, 3.8) is 0 Å². The van der Waals surface area contributed by atoms with Gasteiger partial charge in [-0.2, -0.15) is 0 Å². The zero-order chi connectivity index (χ0) is 16.5. The van der Waals surface area contributed by atoms with Gasteiger partial charge in [0.1, 0.15) is 24.5 Å². The molecular formula is C18H17ClO4. The third-order valence-electron chi connectivity index (χ3n) is 2.97. The van der Waals surface area contributed by atoms with Crippen molar-refractivity contribution < 1.29 is 19.0 Å². The van der Waals surface area contributed by atoms with Gasteiger partial charge >= 0.3 is 5.97 Å². The van der Waals surface area contributed by atoms with Crippen molar-refractivity contribution in [3.8, 4) is 5.75 Å². The SMILES string of the molecule is COC(=O)/C(=C/OCCOc1ccc(Cl)cc1)c1ccccc1. The molecule has 0 saturated heterocycles. The van der Waals surface area contributed by atoms with E-state index in [4.69, 9.17) is 25.8 Å². The van der Waals surface area contributed by atoms with Gasteiger partial charge in [0.2, 0.25) is 0 Å². The van der Waals surface area contributed by atoms with Gasteiger partial charge in [0.15, 0.2) is 0 Å². The van der Waals surface area contributed by atoms with Crippen LogP contribution in [0.4, 0.5) is 0 Å². The molecule has 2 aromatic rings. The lowest BCUT2D eigenvalue weighted by molar-refractivity contribution is -0.133. The normalized spacial score (nSPS) is 11.0. The van der Waals surface area contributed by atoms with Crippen molar-refractivity contribution in [1.29, 1.82) is 0 Å². The number of methoxy groups -OCH3 is 1. The highest BCUT2D eigenvalue weighted by Crippen LogP contribution is 2.17. The predicted molar refractivity (Wildman–Crippen MR) is 89.3 cm³/mol. The van der Waals surface area contributed by atoms with E-state index in [2.05, 4.69) is 0 Å². The van der Waals surface area contributed by atoms with Crippen LogP contribution in [0.25, 0.3) is 5.57 Å². The number of halogens is 1. The number of carbonyl (C=O) groups excluding carboxylic acids is 1. The number of hydrogen-bond acceptors (Lipinski definition) is 4. The molecule has 0 amide bonds. The van der Waals surface area contributed by atoms with Crippen molar-refractivity contribution in [1.82, 2.24) is 0 Å². The fourth-order valence-electron chi connectivity index (χ4n) is 1.84. The van der Waals surface area contributed by atoms with Gasteiger partial charge in [0.25, 0.3) is 0 Å². The Labute approximate surface area is 140 Å². The molecule has 2 aromatic carbocycles. The van der Waals surface area contributed by atoms with E-state index in [1.165, 1.54) is 13.4 Å². The second kappa shape index (κ2) is 8.86. The van der Waals surface area contributed by atoms with Gasteiger partial charge in [-0.15, -0.1) is 0 Å². The number of benzene rings is 2. The fraction of sp³-hybridized carbons (Fsp3) is 0.167. The van der Waals surface area contributed by atoms with Crippen molar-refractivity contribution in [3.05, 3.63) is 71.4 Å². The van der Waals surface area contributed by atoms with Crippen molar-refractivity contribution in [2.45, 2.75) is 0 Å². The first kappa shape index (κ1) is 16.9. The van der Waals surface area contributed by atoms with Crippen LogP contribution in [0, 0.1) is 0 Å². The summed E-state index contributed by atoms with van der Waals surface area (Å²) in [6.07, 6.45) is 1.40. The van der Waals surface area contributed by atoms with Gasteiger partial charge < -0.3 is 14.2 Å². The summed E-state index contributed by atoms with van der Waals surface area (Å²) in [5.41, 5.74) is 1.09. The van der Waals surface area contributed by atoms with Gasteiger partial charge in [-0.25, -0.2) is 4.79 Å². The lowest BCUT2D eigenvalue weighted by Crippen LogP contribution is -2.07. The van der Waals surface area contributed by atoms with Crippen LogP contribution < -0.4 is 4.74 Å². The van der Waals surface area contributed by atoms with E-state index in [-0.39, 0.29) is 0 Å². The first-order valence-electron chi connectivity index (χ1n) is 7.04. The van der Waals surface area contributed by atoms with Crippen LogP contribution in [0.15, 0.2) is 60.9 Å². The molecule has 0 aromatic heterocycles. The summed E-state index contributed by atoms with van der Waals surface area (Å²) in [6.45, 7) is 0.650. The zero-order valence-corrected chi connectivity index (χ0v) is 13.5. The van der Waals surface area contributed by atoms with E-state index < -0.39 is 5.97 Å². The standard InChI is InChI=1S/C18H17ClO4/c1-21-18(20)17(14-5-3-2-4-6-14)13-22-11-12-23-16-9-7-15(19)8-10-16/h2-10,13H,11-12H2,1H3/b17-13+. The fourth-order valence-corrected chi connectivity index (χ4v) is 1.97. The zero-order valence-electron chi connectivity index (χ0n) is 12.7. The summed E-state index contributed by atoms with van der Waals surface area (Å²) >= 11 is 5.80. The number of carbonyl (C=O) groups is 1. The quantitative estimate of drug-likeness (QED) is 0.333. The first-order chi connectivity index (χ1) is 11.2. The minimum atomic E-state index is -0.449. The summed E-state index contributed by atoms with van der Waals surface area (Å²) in [5.74, 6) is 0.257. The number of hydrogen-bond donors (Lipinski definition) is 0. The Morgan fingerprint density at radius 2 is 1.74 bits per heavy atom. The molecule has 120 valence electrons. The molecule has 5 heteroatoms. The van der Waals surface area contributed by atoms with Crippen molar-refractivity contribution in [2.24, 2.45) is 0 Å². The maximum Gasteiger partial charge on any atom is 0.341 e. The molecular weight excluding hydrogens is 316 g/mol. The second-order valence-electron chi connectivity index (χ2n) is 4.56. The number of rotatable bonds is 7. The van der Waals surface area contributed by atoms with Crippen LogP contribution in [0.2, 0.25) is 5.02 Å². The molecule has 0 aliphatic carbocycles. The predicted octanol–water partition coefficient (Wildman–Crippen LogP) is 3.95. The Kier molecular flexibility index (Phi) is 6.51. The minimum Gasteiger partial charge on any atom is -0.497 e. The largest absolute Gasteiger partial charge is 0.497 e. The van der Waals surface area contributed by atoms with Crippen molar-refractivity contribution >= 4 is 23.1 Å². The molecule has 0 radical (unpaired) electrons. The van der Waals surface area contributed by atoms with E-state index in [1.807, 2.05) is 30.3 Å². The van der Waals surface area contributed by atoms with Crippen LogP contribution in [-0.4, -0.2) is 26.3 Å². The smallest absolute Gasteiger partial charge is 0.341 e. The molecule has 0 bridgehead atoms. The monoisotopic (exact) mass is 332 g/mol. The van der Waals surface area contributed by atoms with Crippen LogP contribution in [0.1, 0.15) is 5.56 Å². The summed E-state index contributed by atoms with van der Waals surface area (Å²) in [7, 11) is 1.34. The second-order valence-corrected chi connectivity index (χ2v) is 5.00. The van der Waals surface area contributed by atoms with Crippen molar-refractivity contribution in [2.75, 3.05) is 20.3 Å². The molecule has 0 spiro atoms. The maximum atomic E-state index is 11.8. The molecule has 0 N–H and O–H groups in total. The summed E-state index contributed by atoms with van der Waals surface area (Å²) < 4.78 is 15.7. The summed E-state index contributed by atoms with van der Waals surface area (Å²) in [6, 6.07) is 16.3. The minimum absolute atomic E-state index is 0.302. The Morgan fingerprint density at radius 3 is 2.39 bits per heavy atom. The Morgan fingerprint density at radius 1 is 1.04 bits per heavy atom. The van der Waals surface area contributed by atoms with E-state index in [0.717, 1.165) is 5.56 Å². The van der Waals surface area contributed by atoms with E-state index in [9.17, 15) is 4.79 Å². The van der Waals surface area contributed by atoms with Crippen LogP contribution in [0.5, 0.6) is 5.75 Å². The first-order valence-corrected chi connectivity index (χ1v) is 7.42. The molecule has 0 saturated carbocycles. The van der Waals surface area contributed by atoms with Gasteiger partial charge in [0.05, 0.1) is 13.4 Å². The average molecular weight is 333 g/mol. The Balaban J connectivity index is 1.88. The number of esters is 1. The summed E-state index contributed by atoms with van der Waals surface area (Å²) in [4.78, 5) is 11.8. The topological polar surface area (TPSA) is 44.8 Å². The van der Waals surface area contributed by atoms with Crippen LogP contribution in [-0.2, 0) is 14.3 Å². The molecule has 4 nitrogen and oxygen atoms in total. The summed E-state index contributed by atoms with van der Waals surface area (Å²) in [5, 5.41) is 0.655. The van der Waals surface area contributed by atoms with Crippen LogP contribution >= 0.6 is 11.6 Å². The van der Waals surface area contributed by atoms with E-state index >= 15 is 0 Å². The Hall–Kier alpha value is -2.46. The third kappa shape index (κ3) is 5.34. The van der Waals surface area contributed by atoms with Gasteiger partial charge in [-0.3, -0.25) is 0 Å². The maximum absolute atomic E-state index is 11.8.